The van der Waals surface area contributed by atoms with Gasteiger partial charge in [-0.1, -0.05) is 30.3 Å². The Hall–Kier alpha value is -4.25. The fourth-order valence-electron chi connectivity index (χ4n) is 3.16. The lowest BCUT2D eigenvalue weighted by molar-refractivity contribution is 0.213. The van der Waals surface area contributed by atoms with Crippen LogP contribution in [-0.4, -0.2) is 24.3 Å². The molecule has 0 aliphatic carbocycles. The third-order valence-corrected chi connectivity index (χ3v) is 5.32. The molecule has 11 heteroatoms. The molecule has 4 rings (SSSR count). The largest absolute Gasteiger partial charge is 0.421 e. The van der Waals surface area contributed by atoms with Crippen molar-refractivity contribution in [2.45, 2.75) is 0 Å². The maximum absolute atomic E-state index is 13.4. The Bertz CT molecular complexity index is 1500. The van der Waals surface area contributed by atoms with Crippen molar-refractivity contribution >= 4 is 32.9 Å². The average Bonchev–Trinajstić information content (AvgIpc) is 2.74. The molecule has 0 saturated heterocycles. The zero-order valence-electron chi connectivity index (χ0n) is 16.2. The van der Waals surface area contributed by atoms with Gasteiger partial charge in [-0.2, -0.15) is 18.2 Å². The summed E-state index contributed by atoms with van der Waals surface area (Å²) in [5.74, 6) is -0.457. The summed E-state index contributed by atoms with van der Waals surface area (Å²) in [7, 11) is -4.47. The van der Waals surface area contributed by atoms with Crippen LogP contribution in [0.1, 0.15) is 0 Å². The molecule has 0 aliphatic heterocycles. The summed E-state index contributed by atoms with van der Waals surface area (Å²) in [5.41, 5.74) is 5.64. The summed E-state index contributed by atoms with van der Waals surface area (Å²) >= 11 is 0. The minimum absolute atomic E-state index is 0.0779. The molecule has 0 atom stereocenters. The second kappa shape index (κ2) is 8.12. The van der Waals surface area contributed by atoms with Crippen molar-refractivity contribution < 1.29 is 21.8 Å². The predicted octanol–water partition coefficient (Wildman–Crippen LogP) is 2.94. The smallest absolute Gasteiger partial charge is 0.334 e. The van der Waals surface area contributed by atoms with Gasteiger partial charge in [0.2, 0.25) is 0 Å². The van der Waals surface area contributed by atoms with E-state index in [2.05, 4.69) is 14.0 Å². The van der Waals surface area contributed by atoms with Crippen LogP contribution < -0.4 is 16.0 Å². The number of primary amides is 1. The number of benzene rings is 3. The number of hydrogen-bond acceptors (Lipinski definition) is 6. The maximum atomic E-state index is 13.4. The van der Waals surface area contributed by atoms with E-state index in [0.29, 0.717) is 27.7 Å². The highest BCUT2D eigenvalue weighted by Crippen LogP contribution is 2.27. The fourth-order valence-corrected chi connectivity index (χ4v) is 3.84. The van der Waals surface area contributed by atoms with Gasteiger partial charge in [0, 0.05) is 10.9 Å². The molecular weight excluding hydrogens is 439 g/mol. The molecule has 1 aromatic heterocycles. The Labute approximate surface area is 181 Å². The minimum atomic E-state index is -4.47. The van der Waals surface area contributed by atoms with Gasteiger partial charge in [0.15, 0.2) is 0 Å². The average molecular weight is 454 g/mol. The highest BCUT2D eigenvalue weighted by atomic mass is 32.2. The number of carbonyl (C=O) groups is 1. The molecule has 32 heavy (non-hydrogen) atoms. The Balaban J connectivity index is 1.88. The van der Waals surface area contributed by atoms with Crippen LogP contribution in [0, 0.1) is 5.82 Å². The van der Waals surface area contributed by atoms with E-state index >= 15 is 0 Å². The molecule has 0 radical (unpaired) electrons. The van der Waals surface area contributed by atoms with Crippen molar-refractivity contribution in [2.24, 2.45) is 5.73 Å². The van der Waals surface area contributed by atoms with E-state index in [1.54, 1.807) is 36.4 Å². The fraction of sp³-hybridized carbons (Fsp3) is 0. The molecule has 0 unspecified atom stereocenters. The SMILES string of the molecule is NC(=O)OS(=O)(=O)Nc1cccc(-c2nn(-c3ccc(F)cc3)c(=O)c3ccccc23)c1. The van der Waals surface area contributed by atoms with Gasteiger partial charge in [-0.3, -0.25) is 9.52 Å². The lowest BCUT2D eigenvalue weighted by atomic mass is 10.0. The Kier molecular flexibility index (Phi) is 5.33. The number of rotatable bonds is 5. The van der Waals surface area contributed by atoms with Crippen molar-refractivity contribution in [3.8, 4) is 16.9 Å². The van der Waals surface area contributed by atoms with Gasteiger partial charge in [0.25, 0.3) is 5.56 Å². The molecule has 3 N–H and O–H groups in total. The van der Waals surface area contributed by atoms with Gasteiger partial charge in [0.05, 0.1) is 22.5 Å². The molecule has 1 amide bonds. The first kappa shape index (κ1) is 21.0. The van der Waals surface area contributed by atoms with Crippen LogP contribution in [0.5, 0.6) is 0 Å². The molecule has 4 aromatic rings. The van der Waals surface area contributed by atoms with Gasteiger partial charge >= 0.3 is 16.4 Å². The number of fused-ring (bicyclic) bond motifs is 1. The maximum Gasteiger partial charge on any atom is 0.421 e. The molecule has 0 aliphatic rings. The number of nitrogens with two attached hydrogens (primary N) is 1. The van der Waals surface area contributed by atoms with E-state index in [1.165, 1.54) is 36.4 Å². The molecule has 162 valence electrons. The summed E-state index contributed by atoms with van der Waals surface area (Å²) in [6.45, 7) is 0. The highest BCUT2D eigenvalue weighted by molar-refractivity contribution is 7.88. The van der Waals surface area contributed by atoms with Gasteiger partial charge in [-0.15, -0.1) is 0 Å². The summed E-state index contributed by atoms with van der Waals surface area (Å²) < 4.78 is 44.4. The van der Waals surface area contributed by atoms with Crippen LogP contribution in [0.15, 0.2) is 77.6 Å². The Morgan fingerprint density at radius 3 is 2.38 bits per heavy atom. The van der Waals surface area contributed by atoms with Crippen LogP contribution >= 0.6 is 0 Å². The standard InChI is InChI=1S/C21H15FN4O5S/c22-14-8-10-16(11-9-14)26-20(27)18-7-2-1-6-17(18)19(24-26)13-4-3-5-15(12-13)25-32(29,30)31-21(23)28/h1-12,25H,(H2,23,28). The van der Waals surface area contributed by atoms with Crippen molar-refractivity contribution in [1.82, 2.24) is 9.78 Å². The monoisotopic (exact) mass is 454 g/mol. The van der Waals surface area contributed by atoms with Gasteiger partial charge < -0.3 is 9.92 Å². The highest BCUT2D eigenvalue weighted by Gasteiger charge is 2.17. The summed E-state index contributed by atoms with van der Waals surface area (Å²) in [4.78, 5) is 23.8. The van der Waals surface area contributed by atoms with Gasteiger partial charge in [-0.25, -0.2) is 9.18 Å². The summed E-state index contributed by atoms with van der Waals surface area (Å²) in [6, 6.07) is 18.2. The second-order valence-electron chi connectivity index (χ2n) is 6.63. The second-order valence-corrected chi connectivity index (χ2v) is 7.91. The molecule has 0 saturated carbocycles. The molecule has 0 spiro atoms. The zero-order chi connectivity index (χ0) is 22.9. The Morgan fingerprint density at radius 1 is 1.00 bits per heavy atom. The third kappa shape index (κ3) is 4.27. The Morgan fingerprint density at radius 2 is 1.69 bits per heavy atom. The predicted molar refractivity (Wildman–Crippen MR) is 116 cm³/mol. The molecule has 0 fully saturated rings. The van der Waals surface area contributed by atoms with E-state index in [0.717, 1.165) is 4.68 Å². The van der Waals surface area contributed by atoms with Crippen molar-refractivity contribution in [3.05, 3.63) is 89.0 Å². The number of aromatic nitrogens is 2. The van der Waals surface area contributed by atoms with E-state index in [1.807, 2.05) is 0 Å². The van der Waals surface area contributed by atoms with Crippen LogP contribution in [0.4, 0.5) is 14.9 Å². The number of nitrogens with one attached hydrogen (secondary N) is 1. The lowest BCUT2D eigenvalue weighted by Crippen LogP contribution is -2.24. The molecular formula is C21H15FN4O5S. The number of nitrogens with zero attached hydrogens (tertiary/aromatic N) is 2. The van der Waals surface area contributed by atoms with Crippen LogP contribution in [0.25, 0.3) is 27.7 Å². The van der Waals surface area contributed by atoms with E-state index in [-0.39, 0.29) is 5.69 Å². The normalized spacial score (nSPS) is 11.3. The third-order valence-electron chi connectivity index (χ3n) is 4.45. The van der Waals surface area contributed by atoms with Crippen LogP contribution in [0.2, 0.25) is 0 Å². The van der Waals surface area contributed by atoms with Gasteiger partial charge in [-0.05, 0) is 42.5 Å². The first-order valence-electron chi connectivity index (χ1n) is 9.14. The number of anilines is 1. The lowest BCUT2D eigenvalue weighted by Gasteiger charge is -2.12. The number of amides is 1. The number of hydrogen-bond donors (Lipinski definition) is 2. The van der Waals surface area contributed by atoms with Crippen LogP contribution in [-0.2, 0) is 14.5 Å². The minimum Gasteiger partial charge on any atom is -0.334 e. The van der Waals surface area contributed by atoms with Crippen molar-refractivity contribution in [1.29, 1.82) is 0 Å². The van der Waals surface area contributed by atoms with E-state index < -0.39 is 27.8 Å². The summed E-state index contributed by atoms with van der Waals surface area (Å²) in [5, 5.41) is 5.35. The van der Waals surface area contributed by atoms with E-state index in [9.17, 15) is 22.4 Å². The molecule has 1 heterocycles. The zero-order valence-corrected chi connectivity index (χ0v) is 17.0. The topological polar surface area (TPSA) is 133 Å². The van der Waals surface area contributed by atoms with Gasteiger partial charge in [0.1, 0.15) is 5.82 Å². The molecule has 0 bridgehead atoms. The first-order valence-corrected chi connectivity index (χ1v) is 10.5. The van der Waals surface area contributed by atoms with Crippen LogP contribution in [0.3, 0.4) is 0 Å². The summed E-state index contributed by atoms with van der Waals surface area (Å²) in [6.07, 6.45) is -1.48. The quantitative estimate of drug-likeness (QED) is 0.476. The molecule has 3 aromatic carbocycles. The van der Waals surface area contributed by atoms with E-state index in [4.69, 9.17) is 5.73 Å². The van der Waals surface area contributed by atoms with Crippen molar-refractivity contribution in [3.63, 3.8) is 0 Å². The number of halogens is 1. The number of carbonyl (C=O) groups excluding carboxylic acids is 1. The van der Waals surface area contributed by atoms with Crippen molar-refractivity contribution in [2.75, 3.05) is 4.72 Å². The molecule has 9 nitrogen and oxygen atoms in total. The first-order chi connectivity index (χ1) is 15.2.